The van der Waals surface area contributed by atoms with E-state index < -0.39 is 10.7 Å². The van der Waals surface area contributed by atoms with Crippen molar-refractivity contribution in [1.29, 1.82) is 0 Å². The maximum absolute atomic E-state index is 13.0. The molecule has 154 valence electrons. The molecule has 0 radical (unpaired) electrons. The van der Waals surface area contributed by atoms with Gasteiger partial charge < -0.3 is 14.9 Å². The largest absolute Gasteiger partial charge is 0.502 e. The average molecular weight is 397 g/mol. The fraction of sp³-hybridized carbons (Fsp3) is 0.409. The highest BCUT2D eigenvalue weighted by atomic mass is 16.6. The minimum atomic E-state index is -0.645. The summed E-state index contributed by atoms with van der Waals surface area (Å²) in [5.74, 6) is 0.140. The molecule has 1 saturated heterocycles. The number of phenols is 1. The molecule has 0 unspecified atom stereocenters. The van der Waals surface area contributed by atoms with Crippen molar-refractivity contribution in [2.24, 2.45) is 5.92 Å². The third-order valence-corrected chi connectivity index (χ3v) is 5.58. The van der Waals surface area contributed by atoms with Crippen LogP contribution in [0.4, 0.5) is 5.69 Å². The lowest BCUT2D eigenvalue weighted by atomic mass is 10.0. The lowest BCUT2D eigenvalue weighted by Crippen LogP contribution is -2.39. The lowest BCUT2D eigenvalue weighted by molar-refractivity contribution is -0.385. The Morgan fingerprint density at radius 1 is 1.31 bits per heavy atom. The van der Waals surface area contributed by atoms with Gasteiger partial charge in [0.25, 0.3) is 0 Å². The van der Waals surface area contributed by atoms with Crippen LogP contribution in [0.3, 0.4) is 0 Å². The molecule has 0 spiro atoms. The number of carbonyl (C=O) groups is 1. The zero-order valence-electron chi connectivity index (χ0n) is 16.8. The van der Waals surface area contributed by atoms with Gasteiger partial charge >= 0.3 is 5.69 Å². The molecular formula is C22H27N3O4. The van der Waals surface area contributed by atoms with E-state index in [2.05, 4.69) is 11.8 Å². The number of benzene rings is 2. The molecule has 3 rings (SSSR count). The molecule has 0 bridgehead atoms. The summed E-state index contributed by atoms with van der Waals surface area (Å²) >= 11 is 0. The summed E-state index contributed by atoms with van der Waals surface area (Å²) in [7, 11) is 1.79. The molecule has 1 N–H and O–H groups in total. The Bertz CT molecular complexity index is 872. The molecule has 0 saturated carbocycles. The Kier molecular flexibility index (Phi) is 6.49. The van der Waals surface area contributed by atoms with Crippen molar-refractivity contribution in [3.63, 3.8) is 0 Å². The van der Waals surface area contributed by atoms with Crippen molar-refractivity contribution >= 4 is 11.6 Å². The van der Waals surface area contributed by atoms with Crippen molar-refractivity contribution in [2.45, 2.75) is 25.8 Å². The quantitative estimate of drug-likeness (QED) is 0.572. The van der Waals surface area contributed by atoms with Crippen LogP contribution in [-0.2, 0) is 11.2 Å². The van der Waals surface area contributed by atoms with Crippen molar-refractivity contribution in [1.82, 2.24) is 9.80 Å². The maximum atomic E-state index is 13.0. The fourth-order valence-corrected chi connectivity index (χ4v) is 3.86. The van der Waals surface area contributed by atoms with Gasteiger partial charge in [-0.25, -0.2) is 0 Å². The first kappa shape index (κ1) is 20.8. The Morgan fingerprint density at radius 3 is 2.66 bits per heavy atom. The molecule has 1 aliphatic heterocycles. The molecule has 1 heterocycles. The standard InChI is InChI=1S/C22H27N3O4/c1-16-10-11-24(14-16)15-20(18-6-4-3-5-7-18)23(2)22(27)13-17-8-9-21(26)19(12-17)25(28)29/h3-9,12,16,20,26H,10-11,13-15H2,1-2H3/t16-,20+/m0/s1. The maximum Gasteiger partial charge on any atom is 0.310 e. The van der Waals surface area contributed by atoms with Crippen molar-refractivity contribution in [3.8, 4) is 5.75 Å². The molecule has 7 heteroatoms. The number of hydrogen-bond donors (Lipinski definition) is 1. The predicted molar refractivity (Wildman–Crippen MR) is 111 cm³/mol. The highest BCUT2D eigenvalue weighted by Crippen LogP contribution is 2.28. The SMILES string of the molecule is C[C@H]1CCN(C[C@H](c2ccccc2)N(C)C(=O)Cc2ccc(O)c([N+](=O)[O-])c2)C1. The fourth-order valence-electron chi connectivity index (χ4n) is 3.86. The van der Waals surface area contributed by atoms with Crippen LogP contribution in [0.15, 0.2) is 48.5 Å². The van der Waals surface area contributed by atoms with Crippen LogP contribution in [0, 0.1) is 16.0 Å². The van der Waals surface area contributed by atoms with E-state index in [1.807, 2.05) is 30.3 Å². The zero-order valence-corrected chi connectivity index (χ0v) is 16.8. The first-order valence-corrected chi connectivity index (χ1v) is 9.84. The molecule has 1 aliphatic rings. The second-order valence-corrected chi connectivity index (χ2v) is 7.84. The molecule has 7 nitrogen and oxygen atoms in total. The number of hydrogen-bond acceptors (Lipinski definition) is 5. The smallest absolute Gasteiger partial charge is 0.310 e. The van der Waals surface area contributed by atoms with E-state index in [-0.39, 0.29) is 24.1 Å². The Hall–Kier alpha value is -2.93. The summed E-state index contributed by atoms with van der Waals surface area (Å²) < 4.78 is 0. The van der Waals surface area contributed by atoms with Gasteiger partial charge in [0.05, 0.1) is 17.4 Å². The second kappa shape index (κ2) is 9.05. The monoisotopic (exact) mass is 397 g/mol. The van der Waals surface area contributed by atoms with E-state index in [9.17, 15) is 20.0 Å². The van der Waals surface area contributed by atoms with E-state index in [1.165, 1.54) is 12.1 Å². The zero-order chi connectivity index (χ0) is 21.0. The van der Waals surface area contributed by atoms with E-state index in [0.29, 0.717) is 11.5 Å². The van der Waals surface area contributed by atoms with Crippen molar-refractivity contribution in [2.75, 3.05) is 26.7 Å². The van der Waals surface area contributed by atoms with Gasteiger partial charge in [-0.1, -0.05) is 43.3 Å². The third kappa shape index (κ3) is 5.12. The minimum Gasteiger partial charge on any atom is -0.502 e. The molecule has 0 aliphatic carbocycles. The van der Waals surface area contributed by atoms with Gasteiger partial charge in [-0.05, 0) is 36.1 Å². The highest BCUT2D eigenvalue weighted by molar-refractivity contribution is 5.79. The predicted octanol–water partition coefficient (Wildman–Crippen LogP) is 3.38. The summed E-state index contributed by atoms with van der Waals surface area (Å²) in [6.45, 7) is 5.04. The first-order chi connectivity index (χ1) is 13.8. The molecule has 2 atom stereocenters. The first-order valence-electron chi connectivity index (χ1n) is 9.84. The molecule has 2 aromatic rings. The molecular weight excluding hydrogens is 370 g/mol. The number of phenolic OH excluding ortho intramolecular Hbond substituents is 1. The van der Waals surface area contributed by atoms with Crippen LogP contribution >= 0.6 is 0 Å². The Morgan fingerprint density at radius 2 is 2.03 bits per heavy atom. The van der Waals surface area contributed by atoms with Gasteiger partial charge in [0.15, 0.2) is 5.75 Å². The summed E-state index contributed by atoms with van der Waals surface area (Å²) in [6, 6.07) is 13.9. The number of rotatable bonds is 7. The van der Waals surface area contributed by atoms with Gasteiger partial charge in [-0.15, -0.1) is 0 Å². The Balaban J connectivity index is 1.78. The summed E-state index contributed by atoms with van der Waals surface area (Å²) in [4.78, 5) is 27.5. The van der Waals surface area contributed by atoms with E-state index in [1.54, 1.807) is 18.0 Å². The molecule has 1 amide bonds. The summed E-state index contributed by atoms with van der Waals surface area (Å²) in [5, 5.41) is 20.7. The van der Waals surface area contributed by atoms with Gasteiger partial charge in [-0.3, -0.25) is 14.9 Å². The van der Waals surface area contributed by atoms with Crippen LogP contribution in [0.2, 0.25) is 0 Å². The van der Waals surface area contributed by atoms with Crippen LogP contribution in [0.5, 0.6) is 5.75 Å². The topological polar surface area (TPSA) is 86.9 Å². The van der Waals surface area contributed by atoms with E-state index in [4.69, 9.17) is 0 Å². The van der Waals surface area contributed by atoms with Crippen molar-refractivity contribution in [3.05, 3.63) is 69.8 Å². The second-order valence-electron chi connectivity index (χ2n) is 7.84. The summed E-state index contributed by atoms with van der Waals surface area (Å²) in [6.07, 6.45) is 1.20. The highest BCUT2D eigenvalue weighted by Gasteiger charge is 2.27. The number of amides is 1. The lowest BCUT2D eigenvalue weighted by Gasteiger charge is -2.32. The van der Waals surface area contributed by atoms with Crippen molar-refractivity contribution < 1.29 is 14.8 Å². The number of nitro groups is 1. The van der Waals surface area contributed by atoms with Crippen LogP contribution < -0.4 is 0 Å². The summed E-state index contributed by atoms with van der Waals surface area (Å²) in [5.41, 5.74) is 1.19. The molecule has 29 heavy (non-hydrogen) atoms. The van der Waals surface area contributed by atoms with Crippen LogP contribution in [0.25, 0.3) is 0 Å². The molecule has 1 fully saturated rings. The van der Waals surface area contributed by atoms with Crippen LogP contribution in [-0.4, -0.2) is 52.4 Å². The van der Waals surface area contributed by atoms with E-state index >= 15 is 0 Å². The van der Waals surface area contributed by atoms with Gasteiger partial charge in [0.1, 0.15) is 0 Å². The van der Waals surface area contributed by atoms with Gasteiger partial charge in [0.2, 0.25) is 5.91 Å². The number of nitro benzene ring substituents is 1. The minimum absolute atomic E-state index is 0.0390. The Labute approximate surface area is 170 Å². The number of aromatic hydroxyl groups is 1. The number of likely N-dealkylation sites (N-methyl/N-ethyl adjacent to an activating group) is 1. The number of likely N-dealkylation sites (tertiary alicyclic amines) is 1. The van der Waals surface area contributed by atoms with Crippen LogP contribution in [0.1, 0.15) is 30.5 Å². The third-order valence-electron chi connectivity index (χ3n) is 5.58. The van der Waals surface area contributed by atoms with Gasteiger partial charge in [-0.2, -0.15) is 0 Å². The number of carbonyl (C=O) groups excluding carboxylic acids is 1. The molecule has 2 aromatic carbocycles. The normalized spacial score (nSPS) is 17.8. The van der Waals surface area contributed by atoms with E-state index in [0.717, 1.165) is 31.6 Å². The van der Waals surface area contributed by atoms with Gasteiger partial charge in [0, 0.05) is 26.2 Å². The molecule has 0 aromatic heterocycles. The average Bonchev–Trinajstić information content (AvgIpc) is 3.12. The number of nitrogens with zero attached hydrogens (tertiary/aromatic N) is 3.